The third kappa shape index (κ3) is 18.4. The molecule has 3 amide bonds. The number of Topliss-reactive ketones (excluding diaryl/α,β-unsaturated/α-hetero) is 1. The summed E-state index contributed by atoms with van der Waals surface area (Å²) >= 11 is 0. The van der Waals surface area contributed by atoms with Gasteiger partial charge in [-0.05, 0) is 25.8 Å². The maximum absolute atomic E-state index is 12.0. The number of unbranched alkanes of at least 4 members (excludes halogenated alkanes) is 1. The molecule has 0 bridgehead atoms. The predicted octanol–water partition coefficient (Wildman–Crippen LogP) is 0.0351. The number of hydrogen-bond donors (Lipinski definition) is 4. The first-order valence-corrected chi connectivity index (χ1v) is 11.1. The Hall–Kier alpha value is -2.04. The molecule has 0 unspecified atom stereocenters. The lowest BCUT2D eigenvalue weighted by molar-refractivity contribution is -0.128. The molecule has 0 aliphatic rings. The summed E-state index contributed by atoms with van der Waals surface area (Å²) in [6.07, 6.45) is 2.67. The Kier molecular flexibility index (Phi) is 18.6. The quantitative estimate of drug-likeness (QED) is 0.183. The van der Waals surface area contributed by atoms with Gasteiger partial charge in [-0.2, -0.15) is 0 Å². The van der Waals surface area contributed by atoms with E-state index in [-0.39, 0.29) is 43.5 Å². The largest absolute Gasteiger partial charge is 0.379 e. The van der Waals surface area contributed by atoms with Gasteiger partial charge in [-0.15, -0.1) is 0 Å². The molecule has 180 valence electrons. The number of carbonyl (C=O) groups excluding carboxylic acids is 4. The Morgan fingerprint density at radius 2 is 1.55 bits per heavy atom. The van der Waals surface area contributed by atoms with Gasteiger partial charge in [0.1, 0.15) is 11.8 Å². The van der Waals surface area contributed by atoms with Crippen molar-refractivity contribution < 1.29 is 28.7 Å². The van der Waals surface area contributed by atoms with Gasteiger partial charge in [-0.1, -0.05) is 13.8 Å². The summed E-state index contributed by atoms with van der Waals surface area (Å²) in [5.74, 6) is -0.991. The average molecular weight is 445 g/mol. The van der Waals surface area contributed by atoms with Crippen molar-refractivity contribution in [2.75, 3.05) is 46.1 Å². The zero-order chi connectivity index (χ0) is 23.3. The lowest BCUT2D eigenvalue weighted by Gasteiger charge is -2.15. The highest BCUT2D eigenvalue weighted by Gasteiger charge is 2.17. The summed E-state index contributed by atoms with van der Waals surface area (Å²) < 4.78 is 10.7. The third-order valence-corrected chi connectivity index (χ3v) is 4.46. The summed E-state index contributed by atoms with van der Waals surface area (Å²) in [5, 5.41) is 8.51. The van der Waals surface area contributed by atoms with Crippen molar-refractivity contribution in [1.82, 2.24) is 16.0 Å². The van der Waals surface area contributed by atoms with Crippen LogP contribution in [0.2, 0.25) is 0 Å². The van der Waals surface area contributed by atoms with Gasteiger partial charge in [0.15, 0.2) is 0 Å². The fraction of sp³-hybridized carbons (Fsp3) is 0.810. The van der Waals surface area contributed by atoms with Crippen LogP contribution in [-0.2, 0) is 28.7 Å². The topological polar surface area (TPSA) is 149 Å². The molecule has 31 heavy (non-hydrogen) atoms. The maximum Gasteiger partial charge on any atom is 0.239 e. The van der Waals surface area contributed by atoms with Crippen molar-refractivity contribution in [3.05, 3.63) is 0 Å². The van der Waals surface area contributed by atoms with E-state index in [0.29, 0.717) is 52.0 Å². The number of likely N-dealkylation sites (N-methyl/N-ethyl adjacent to an activating group) is 1. The molecule has 0 saturated heterocycles. The number of nitrogens with one attached hydrogen (secondary N) is 3. The molecule has 10 nitrogen and oxygen atoms in total. The number of primary amides is 1. The molecule has 0 aromatic heterocycles. The van der Waals surface area contributed by atoms with Gasteiger partial charge in [0.05, 0.1) is 26.4 Å². The number of hydrogen-bond acceptors (Lipinski definition) is 7. The Balaban J connectivity index is 3.81. The second-order valence-corrected chi connectivity index (χ2v) is 7.09. The third-order valence-electron chi connectivity index (χ3n) is 4.46. The first kappa shape index (κ1) is 29.0. The minimum absolute atomic E-state index is 0.0638. The standard InChI is InChI=1S/C21H40N4O6/c1-3-17(26)8-9-19(27)24-11-6-5-7-18(21(22)29)25-20(28)10-13-30-15-16-31-14-12-23-4-2/h18,23H,3-16H2,1-2H3,(H2,22,29)(H,24,27)(H,25,28)/t18-/m0/s1. The van der Waals surface area contributed by atoms with Gasteiger partial charge in [0, 0.05) is 38.8 Å². The Bertz CT molecular complexity index is 530. The molecule has 10 heteroatoms. The fourth-order valence-electron chi connectivity index (χ4n) is 2.58. The van der Waals surface area contributed by atoms with Gasteiger partial charge in [-0.25, -0.2) is 0 Å². The van der Waals surface area contributed by atoms with Crippen LogP contribution in [0.5, 0.6) is 0 Å². The van der Waals surface area contributed by atoms with Crippen LogP contribution in [0.15, 0.2) is 0 Å². The lowest BCUT2D eigenvalue weighted by Crippen LogP contribution is -2.44. The van der Waals surface area contributed by atoms with Gasteiger partial charge in [0.2, 0.25) is 17.7 Å². The Labute approximate surface area is 185 Å². The van der Waals surface area contributed by atoms with Crippen LogP contribution in [-0.4, -0.2) is 75.6 Å². The van der Waals surface area contributed by atoms with Crippen LogP contribution in [0.3, 0.4) is 0 Å². The smallest absolute Gasteiger partial charge is 0.239 e. The van der Waals surface area contributed by atoms with E-state index in [4.69, 9.17) is 15.2 Å². The summed E-state index contributed by atoms with van der Waals surface area (Å²) in [7, 11) is 0. The van der Waals surface area contributed by atoms with Crippen LogP contribution in [0.4, 0.5) is 0 Å². The van der Waals surface area contributed by atoms with E-state index in [0.717, 1.165) is 13.1 Å². The summed E-state index contributed by atoms with van der Waals surface area (Å²) in [6, 6.07) is -0.750. The molecule has 0 spiro atoms. The number of amides is 3. The Morgan fingerprint density at radius 3 is 2.19 bits per heavy atom. The highest BCUT2D eigenvalue weighted by Crippen LogP contribution is 2.02. The molecule has 1 atom stereocenters. The van der Waals surface area contributed by atoms with Crippen LogP contribution >= 0.6 is 0 Å². The molecule has 0 aromatic carbocycles. The number of rotatable bonds is 21. The lowest BCUT2D eigenvalue weighted by atomic mass is 10.1. The highest BCUT2D eigenvalue weighted by molar-refractivity contribution is 5.86. The number of carbonyl (C=O) groups is 4. The van der Waals surface area contributed by atoms with E-state index in [1.54, 1.807) is 6.92 Å². The zero-order valence-corrected chi connectivity index (χ0v) is 19.0. The van der Waals surface area contributed by atoms with E-state index >= 15 is 0 Å². The number of ether oxygens (including phenoxy) is 2. The average Bonchev–Trinajstić information content (AvgIpc) is 2.75. The van der Waals surface area contributed by atoms with E-state index in [1.807, 2.05) is 6.92 Å². The molecule has 0 saturated carbocycles. The van der Waals surface area contributed by atoms with Gasteiger partial charge in [-0.3, -0.25) is 19.2 Å². The molecule has 0 rings (SSSR count). The molecule has 0 aromatic rings. The summed E-state index contributed by atoms with van der Waals surface area (Å²) in [4.78, 5) is 46.4. The van der Waals surface area contributed by atoms with Crippen molar-refractivity contribution in [3.8, 4) is 0 Å². The minimum Gasteiger partial charge on any atom is -0.379 e. The van der Waals surface area contributed by atoms with Crippen molar-refractivity contribution in [1.29, 1.82) is 0 Å². The van der Waals surface area contributed by atoms with Crippen LogP contribution in [0, 0.1) is 0 Å². The van der Waals surface area contributed by atoms with Crippen molar-refractivity contribution in [2.45, 2.75) is 64.8 Å². The van der Waals surface area contributed by atoms with Crippen LogP contribution < -0.4 is 21.7 Å². The number of ketones is 1. The molecule has 0 aliphatic carbocycles. The van der Waals surface area contributed by atoms with Gasteiger partial charge < -0.3 is 31.2 Å². The fourth-order valence-corrected chi connectivity index (χ4v) is 2.58. The van der Waals surface area contributed by atoms with Gasteiger partial charge in [0.25, 0.3) is 0 Å². The number of nitrogens with two attached hydrogens (primary N) is 1. The molecule has 0 radical (unpaired) electrons. The normalized spacial score (nSPS) is 11.7. The summed E-state index contributed by atoms with van der Waals surface area (Å²) in [6.45, 7) is 7.64. The van der Waals surface area contributed by atoms with E-state index in [2.05, 4.69) is 16.0 Å². The first-order valence-electron chi connectivity index (χ1n) is 11.1. The first-order chi connectivity index (χ1) is 14.9. The van der Waals surface area contributed by atoms with Crippen molar-refractivity contribution in [2.24, 2.45) is 5.73 Å². The van der Waals surface area contributed by atoms with Gasteiger partial charge >= 0.3 is 0 Å². The van der Waals surface area contributed by atoms with E-state index in [9.17, 15) is 19.2 Å². The predicted molar refractivity (Wildman–Crippen MR) is 117 cm³/mol. The monoisotopic (exact) mass is 444 g/mol. The minimum atomic E-state index is -0.750. The van der Waals surface area contributed by atoms with E-state index in [1.165, 1.54) is 0 Å². The maximum atomic E-state index is 12.0. The highest BCUT2D eigenvalue weighted by atomic mass is 16.5. The van der Waals surface area contributed by atoms with Crippen molar-refractivity contribution >= 4 is 23.5 Å². The van der Waals surface area contributed by atoms with Crippen LogP contribution in [0.1, 0.15) is 58.8 Å². The molecule has 0 fully saturated rings. The molecule has 0 aliphatic heterocycles. The summed E-state index contributed by atoms with van der Waals surface area (Å²) in [5.41, 5.74) is 5.37. The molecular formula is C21H40N4O6. The zero-order valence-electron chi connectivity index (χ0n) is 19.0. The molecule has 0 heterocycles. The SMILES string of the molecule is CCNCCOCCOCCC(=O)N[C@@H](CCCCNC(=O)CCC(=O)CC)C(N)=O. The second-order valence-electron chi connectivity index (χ2n) is 7.09. The Morgan fingerprint density at radius 1 is 0.839 bits per heavy atom. The molecular weight excluding hydrogens is 404 g/mol. The van der Waals surface area contributed by atoms with Crippen LogP contribution in [0.25, 0.3) is 0 Å². The van der Waals surface area contributed by atoms with E-state index < -0.39 is 11.9 Å². The van der Waals surface area contributed by atoms with Crippen molar-refractivity contribution in [3.63, 3.8) is 0 Å². The second kappa shape index (κ2) is 19.9. The molecule has 5 N–H and O–H groups in total.